The number of halogens is 1. The van der Waals surface area contributed by atoms with Crippen LogP contribution in [0.4, 0.5) is 0 Å². The number of piperidine rings is 1. The van der Waals surface area contributed by atoms with Crippen molar-refractivity contribution in [3.63, 3.8) is 0 Å². The highest BCUT2D eigenvalue weighted by Crippen LogP contribution is 2.30. The lowest BCUT2D eigenvalue weighted by Gasteiger charge is -2.36. The molecular formula is C17H17ClN2O4. The van der Waals surface area contributed by atoms with Crippen molar-refractivity contribution in [2.75, 3.05) is 13.1 Å². The molecule has 0 radical (unpaired) electrons. The molecule has 126 valence electrons. The van der Waals surface area contributed by atoms with E-state index in [1.165, 1.54) is 4.90 Å². The third-order valence-corrected chi connectivity index (χ3v) is 4.50. The van der Waals surface area contributed by atoms with Gasteiger partial charge in [0, 0.05) is 12.1 Å². The van der Waals surface area contributed by atoms with Gasteiger partial charge in [-0.1, -0.05) is 23.7 Å². The number of hydrogen-bond donors (Lipinski definition) is 2. The number of aliphatic hydroxyl groups is 1. The van der Waals surface area contributed by atoms with Crippen LogP contribution in [0.5, 0.6) is 0 Å². The molecule has 1 aromatic carbocycles. The number of likely N-dealkylation sites (tertiary alicyclic amines) is 1. The van der Waals surface area contributed by atoms with Crippen molar-refractivity contribution in [3.8, 4) is 11.3 Å². The van der Waals surface area contributed by atoms with Crippen molar-refractivity contribution in [1.82, 2.24) is 4.90 Å². The zero-order valence-electron chi connectivity index (χ0n) is 12.9. The lowest BCUT2D eigenvalue weighted by molar-refractivity contribution is -0.140. The van der Waals surface area contributed by atoms with Crippen LogP contribution >= 0.6 is 11.6 Å². The van der Waals surface area contributed by atoms with Gasteiger partial charge in [-0.15, -0.1) is 0 Å². The van der Waals surface area contributed by atoms with E-state index in [1.54, 1.807) is 30.3 Å². The Labute approximate surface area is 143 Å². The molecule has 2 heterocycles. The number of hydrogen-bond acceptors (Lipinski definition) is 4. The summed E-state index contributed by atoms with van der Waals surface area (Å²) in [5, 5.41) is 10.7. The van der Waals surface area contributed by atoms with Crippen molar-refractivity contribution in [2.45, 2.75) is 18.4 Å². The summed E-state index contributed by atoms with van der Waals surface area (Å²) in [6.45, 7) is 0.292. The lowest BCUT2D eigenvalue weighted by atomic mass is 9.92. The molecule has 7 heteroatoms. The van der Waals surface area contributed by atoms with E-state index in [9.17, 15) is 14.7 Å². The molecule has 1 aromatic heterocycles. The summed E-state index contributed by atoms with van der Waals surface area (Å²) in [4.78, 5) is 25.4. The van der Waals surface area contributed by atoms with Crippen LogP contribution in [0.3, 0.4) is 0 Å². The average molecular weight is 349 g/mol. The third-order valence-electron chi connectivity index (χ3n) is 4.17. The average Bonchev–Trinajstić information content (AvgIpc) is 3.04. The van der Waals surface area contributed by atoms with Crippen LogP contribution in [-0.4, -0.2) is 40.5 Å². The van der Waals surface area contributed by atoms with E-state index in [0.29, 0.717) is 29.3 Å². The number of nitrogens with zero attached hydrogens (tertiary/aromatic N) is 1. The van der Waals surface area contributed by atoms with Gasteiger partial charge in [-0.25, -0.2) is 0 Å². The van der Waals surface area contributed by atoms with Gasteiger partial charge >= 0.3 is 0 Å². The Balaban J connectivity index is 1.81. The first-order chi connectivity index (χ1) is 11.4. The molecule has 1 aliphatic rings. The van der Waals surface area contributed by atoms with Gasteiger partial charge in [0.1, 0.15) is 5.76 Å². The second kappa shape index (κ2) is 6.30. The molecule has 1 aliphatic heterocycles. The fourth-order valence-electron chi connectivity index (χ4n) is 2.83. The highest BCUT2D eigenvalue weighted by molar-refractivity contribution is 6.33. The van der Waals surface area contributed by atoms with Crippen LogP contribution < -0.4 is 5.73 Å². The molecule has 1 saturated heterocycles. The SMILES string of the molecule is NC(=O)C1(O)CCCN(C(=O)c2ccc(-c3ccccc3Cl)o2)C1. The minimum absolute atomic E-state index is 0.124. The van der Waals surface area contributed by atoms with E-state index >= 15 is 0 Å². The quantitative estimate of drug-likeness (QED) is 0.887. The van der Waals surface area contributed by atoms with E-state index in [0.717, 1.165) is 0 Å². The van der Waals surface area contributed by atoms with Gasteiger partial charge < -0.3 is 20.2 Å². The minimum atomic E-state index is -1.69. The van der Waals surface area contributed by atoms with Gasteiger partial charge in [-0.3, -0.25) is 9.59 Å². The van der Waals surface area contributed by atoms with Crippen molar-refractivity contribution < 1.29 is 19.1 Å². The first-order valence-corrected chi connectivity index (χ1v) is 7.95. The van der Waals surface area contributed by atoms with Crippen molar-refractivity contribution >= 4 is 23.4 Å². The highest BCUT2D eigenvalue weighted by atomic mass is 35.5. The Morgan fingerprint density at radius 1 is 1.25 bits per heavy atom. The Hall–Kier alpha value is -2.31. The zero-order valence-corrected chi connectivity index (χ0v) is 13.6. The predicted octanol–water partition coefficient (Wildman–Crippen LogP) is 2.05. The fraction of sp³-hybridized carbons (Fsp3) is 0.294. The molecular weight excluding hydrogens is 332 g/mol. The number of furan rings is 1. The molecule has 2 aromatic rings. The summed E-state index contributed by atoms with van der Waals surface area (Å²) >= 11 is 6.13. The van der Waals surface area contributed by atoms with Gasteiger partial charge in [0.25, 0.3) is 11.8 Å². The summed E-state index contributed by atoms with van der Waals surface area (Å²) in [6.07, 6.45) is 0.735. The molecule has 1 unspecified atom stereocenters. The summed E-state index contributed by atoms with van der Waals surface area (Å²) in [5.41, 5.74) is 4.23. The molecule has 0 bridgehead atoms. The minimum Gasteiger partial charge on any atom is -0.451 e. The van der Waals surface area contributed by atoms with Crippen molar-refractivity contribution in [2.24, 2.45) is 5.73 Å². The maximum Gasteiger partial charge on any atom is 0.289 e. The number of carbonyl (C=O) groups excluding carboxylic acids is 2. The lowest BCUT2D eigenvalue weighted by Crippen LogP contribution is -2.57. The van der Waals surface area contributed by atoms with Crippen LogP contribution in [0.2, 0.25) is 5.02 Å². The van der Waals surface area contributed by atoms with Crippen LogP contribution in [0.1, 0.15) is 23.4 Å². The standard InChI is InChI=1S/C17H17ClN2O4/c18-12-5-2-1-4-11(12)13-6-7-14(24-13)15(21)20-9-3-8-17(23,10-20)16(19)22/h1-2,4-7,23H,3,8-10H2,(H2,19,22). The smallest absolute Gasteiger partial charge is 0.289 e. The molecule has 0 aliphatic carbocycles. The van der Waals surface area contributed by atoms with Gasteiger partial charge in [0.15, 0.2) is 11.4 Å². The number of benzene rings is 1. The first kappa shape index (κ1) is 16.5. The summed E-state index contributed by atoms with van der Waals surface area (Å²) in [5.74, 6) is -0.617. The first-order valence-electron chi connectivity index (χ1n) is 7.57. The molecule has 6 nitrogen and oxygen atoms in total. The topological polar surface area (TPSA) is 96.8 Å². The second-order valence-corrected chi connectivity index (χ2v) is 6.28. The van der Waals surface area contributed by atoms with Crippen LogP contribution in [-0.2, 0) is 4.79 Å². The molecule has 2 amide bonds. The molecule has 3 N–H and O–H groups in total. The molecule has 1 atom stereocenters. The Morgan fingerprint density at radius 2 is 2.00 bits per heavy atom. The largest absolute Gasteiger partial charge is 0.451 e. The predicted molar refractivity (Wildman–Crippen MR) is 88.4 cm³/mol. The van der Waals surface area contributed by atoms with Crippen molar-refractivity contribution in [1.29, 1.82) is 0 Å². The van der Waals surface area contributed by atoms with Crippen LogP contribution in [0, 0.1) is 0 Å². The van der Waals surface area contributed by atoms with E-state index in [1.807, 2.05) is 6.07 Å². The molecule has 3 rings (SSSR count). The van der Waals surface area contributed by atoms with E-state index < -0.39 is 17.4 Å². The highest BCUT2D eigenvalue weighted by Gasteiger charge is 2.40. The fourth-order valence-corrected chi connectivity index (χ4v) is 3.05. The van der Waals surface area contributed by atoms with Crippen LogP contribution in [0.15, 0.2) is 40.8 Å². The molecule has 24 heavy (non-hydrogen) atoms. The van der Waals surface area contributed by atoms with E-state index in [2.05, 4.69) is 0 Å². The Kier molecular flexibility index (Phi) is 4.34. The van der Waals surface area contributed by atoms with Gasteiger partial charge in [-0.05, 0) is 37.1 Å². The number of carbonyl (C=O) groups is 2. The number of β-amino-alcohol motifs (C(OH)–C–C–N with tert-alkyl or cyclic N) is 1. The van der Waals surface area contributed by atoms with Gasteiger partial charge in [0.2, 0.25) is 0 Å². The normalized spacial score (nSPS) is 20.8. The Bertz CT molecular complexity index is 788. The van der Waals surface area contributed by atoms with Gasteiger partial charge in [0.05, 0.1) is 11.6 Å². The number of amides is 2. The molecule has 1 fully saturated rings. The maximum absolute atomic E-state index is 12.6. The number of nitrogens with two attached hydrogens (primary N) is 1. The summed E-state index contributed by atoms with van der Waals surface area (Å²) in [6, 6.07) is 10.4. The number of primary amides is 1. The second-order valence-electron chi connectivity index (χ2n) is 5.87. The summed E-state index contributed by atoms with van der Waals surface area (Å²) < 4.78 is 5.62. The monoisotopic (exact) mass is 348 g/mol. The molecule has 0 spiro atoms. The summed E-state index contributed by atoms with van der Waals surface area (Å²) in [7, 11) is 0. The maximum atomic E-state index is 12.6. The zero-order chi connectivity index (χ0) is 17.3. The van der Waals surface area contributed by atoms with Crippen molar-refractivity contribution in [3.05, 3.63) is 47.2 Å². The van der Waals surface area contributed by atoms with Crippen LogP contribution in [0.25, 0.3) is 11.3 Å². The van der Waals surface area contributed by atoms with Gasteiger partial charge in [-0.2, -0.15) is 0 Å². The third kappa shape index (κ3) is 3.02. The number of rotatable bonds is 3. The Morgan fingerprint density at radius 3 is 2.71 bits per heavy atom. The van der Waals surface area contributed by atoms with E-state index in [4.69, 9.17) is 21.8 Å². The van der Waals surface area contributed by atoms with E-state index in [-0.39, 0.29) is 18.7 Å². The molecule has 0 saturated carbocycles.